The van der Waals surface area contributed by atoms with Crippen molar-refractivity contribution >= 4 is 40.5 Å². The highest BCUT2D eigenvalue weighted by Crippen LogP contribution is 2.27. The Balaban J connectivity index is 1.69. The van der Waals surface area contributed by atoms with Gasteiger partial charge in [-0.25, -0.2) is 0 Å². The number of aromatic nitrogens is 3. The molecule has 28 heavy (non-hydrogen) atoms. The number of carbonyl (C=O) groups excluding carboxylic acids is 2. The van der Waals surface area contributed by atoms with Crippen LogP contribution in [0.25, 0.3) is 11.4 Å². The van der Waals surface area contributed by atoms with E-state index in [1.165, 1.54) is 23.6 Å². The van der Waals surface area contributed by atoms with Crippen molar-refractivity contribution < 1.29 is 9.59 Å². The number of thioether (sulfide) groups is 1. The molecule has 1 N–H and O–H groups in total. The summed E-state index contributed by atoms with van der Waals surface area (Å²) in [5, 5.41) is 14.1. The van der Waals surface area contributed by atoms with Crippen LogP contribution < -0.4 is 5.32 Å². The van der Waals surface area contributed by atoms with Crippen molar-refractivity contribution in [3.8, 4) is 11.4 Å². The largest absolute Gasteiger partial charge is 0.325 e. The second-order valence-corrected chi connectivity index (χ2v) is 8.18. The molecule has 0 saturated carbocycles. The summed E-state index contributed by atoms with van der Waals surface area (Å²) in [5.41, 5.74) is 2.17. The maximum absolute atomic E-state index is 12.3. The number of nitrogens with one attached hydrogen (secondary N) is 1. The van der Waals surface area contributed by atoms with Crippen molar-refractivity contribution in [1.29, 1.82) is 0 Å². The van der Waals surface area contributed by atoms with Crippen LogP contribution in [0.2, 0.25) is 0 Å². The number of carbonyl (C=O) groups is 2. The molecule has 0 atom stereocenters. The number of ketones is 1. The van der Waals surface area contributed by atoms with Gasteiger partial charge >= 0.3 is 0 Å². The number of benzene rings is 1. The summed E-state index contributed by atoms with van der Waals surface area (Å²) in [6, 6.07) is 8.96. The number of amides is 1. The lowest BCUT2D eigenvalue weighted by molar-refractivity contribution is -0.113. The molecule has 0 unspecified atom stereocenters. The van der Waals surface area contributed by atoms with Crippen molar-refractivity contribution in [3.63, 3.8) is 0 Å². The van der Waals surface area contributed by atoms with Gasteiger partial charge in [-0.05, 0) is 32.0 Å². The first-order valence-electron chi connectivity index (χ1n) is 8.61. The van der Waals surface area contributed by atoms with Gasteiger partial charge < -0.3 is 5.32 Å². The molecule has 8 heteroatoms. The maximum Gasteiger partial charge on any atom is 0.234 e. The zero-order valence-electron chi connectivity index (χ0n) is 15.6. The van der Waals surface area contributed by atoms with E-state index in [4.69, 9.17) is 0 Å². The van der Waals surface area contributed by atoms with Gasteiger partial charge in [0.05, 0.1) is 5.75 Å². The van der Waals surface area contributed by atoms with Crippen LogP contribution >= 0.6 is 23.1 Å². The summed E-state index contributed by atoms with van der Waals surface area (Å²) < 4.78 is 1.95. The summed E-state index contributed by atoms with van der Waals surface area (Å²) in [6.07, 6.45) is 1.78. The van der Waals surface area contributed by atoms with E-state index in [1.54, 1.807) is 41.7 Å². The molecule has 1 amide bonds. The summed E-state index contributed by atoms with van der Waals surface area (Å²) in [5.74, 6) is 0.731. The monoisotopic (exact) mass is 412 g/mol. The number of Topliss-reactive ketones (excluding diaryl/α,β-unsaturated/α-hetero) is 1. The van der Waals surface area contributed by atoms with Crippen molar-refractivity contribution in [1.82, 2.24) is 14.8 Å². The number of rotatable bonds is 8. The highest BCUT2D eigenvalue weighted by atomic mass is 32.2. The molecule has 6 nitrogen and oxygen atoms in total. The highest BCUT2D eigenvalue weighted by molar-refractivity contribution is 7.99. The summed E-state index contributed by atoms with van der Waals surface area (Å²) in [7, 11) is 0. The average molecular weight is 413 g/mol. The third kappa shape index (κ3) is 4.76. The van der Waals surface area contributed by atoms with Gasteiger partial charge in [0.2, 0.25) is 5.91 Å². The fourth-order valence-corrected chi connectivity index (χ4v) is 4.04. The molecular weight excluding hydrogens is 392 g/mol. The van der Waals surface area contributed by atoms with Gasteiger partial charge in [0, 0.05) is 33.6 Å². The Morgan fingerprint density at radius 3 is 2.82 bits per heavy atom. The van der Waals surface area contributed by atoms with Crippen LogP contribution in [-0.2, 0) is 11.3 Å². The number of allylic oxidation sites excluding steroid dienone is 1. The van der Waals surface area contributed by atoms with Gasteiger partial charge in [-0.2, -0.15) is 0 Å². The molecule has 0 aliphatic carbocycles. The number of hydrogen-bond acceptors (Lipinski definition) is 6. The maximum atomic E-state index is 12.3. The number of anilines is 1. The summed E-state index contributed by atoms with van der Waals surface area (Å²) in [4.78, 5) is 25.0. The third-order valence-electron chi connectivity index (χ3n) is 3.90. The lowest BCUT2D eigenvalue weighted by Crippen LogP contribution is -2.15. The minimum Gasteiger partial charge on any atom is -0.325 e. The van der Waals surface area contributed by atoms with E-state index in [0.717, 1.165) is 11.4 Å². The fourth-order valence-electron chi connectivity index (χ4n) is 2.61. The highest BCUT2D eigenvalue weighted by Gasteiger charge is 2.16. The second-order valence-electron chi connectivity index (χ2n) is 6.13. The Morgan fingerprint density at radius 1 is 1.32 bits per heavy atom. The van der Waals surface area contributed by atoms with Crippen molar-refractivity contribution in [2.24, 2.45) is 0 Å². The molecule has 0 bridgehead atoms. The van der Waals surface area contributed by atoms with Gasteiger partial charge in [-0.1, -0.05) is 30.0 Å². The average Bonchev–Trinajstić information content (AvgIpc) is 3.26. The van der Waals surface area contributed by atoms with Crippen LogP contribution in [0.1, 0.15) is 22.2 Å². The molecule has 3 rings (SSSR count). The Kier molecular flexibility index (Phi) is 6.43. The molecule has 1 aromatic carbocycles. The van der Waals surface area contributed by atoms with E-state index in [9.17, 15) is 9.59 Å². The van der Waals surface area contributed by atoms with Crippen LogP contribution in [0.4, 0.5) is 5.69 Å². The van der Waals surface area contributed by atoms with Gasteiger partial charge in [0.25, 0.3) is 0 Å². The van der Waals surface area contributed by atoms with E-state index >= 15 is 0 Å². The van der Waals surface area contributed by atoms with Gasteiger partial charge in [0.15, 0.2) is 16.8 Å². The number of hydrogen-bond donors (Lipinski definition) is 1. The lowest BCUT2D eigenvalue weighted by Gasteiger charge is -2.08. The van der Waals surface area contributed by atoms with Gasteiger partial charge in [0.1, 0.15) is 0 Å². The van der Waals surface area contributed by atoms with Crippen LogP contribution in [-0.4, -0.2) is 32.2 Å². The zero-order chi connectivity index (χ0) is 20.1. The predicted molar refractivity (Wildman–Crippen MR) is 114 cm³/mol. The van der Waals surface area contributed by atoms with Crippen molar-refractivity contribution in [3.05, 3.63) is 58.8 Å². The van der Waals surface area contributed by atoms with E-state index < -0.39 is 0 Å². The SMILES string of the molecule is C=CCn1c(SCC(=O)Nc2cccc(C(C)=O)c2)nnc1-c1csc(C)c1. The zero-order valence-corrected chi connectivity index (χ0v) is 17.3. The molecule has 144 valence electrons. The lowest BCUT2D eigenvalue weighted by atomic mass is 10.1. The van der Waals surface area contributed by atoms with E-state index in [2.05, 4.69) is 28.2 Å². The molecule has 0 fully saturated rings. The number of aryl methyl sites for hydroxylation is 1. The van der Waals surface area contributed by atoms with E-state index in [0.29, 0.717) is 23.0 Å². The Hall–Kier alpha value is -2.71. The van der Waals surface area contributed by atoms with Crippen LogP contribution in [0.15, 0.2) is 53.5 Å². The number of thiophene rings is 1. The quantitative estimate of drug-likeness (QED) is 0.336. The summed E-state index contributed by atoms with van der Waals surface area (Å²) >= 11 is 2.97. The smallest absolute Gasteiger partial charge is 0.234 e. The first kappa shape index (κ1) is 20.0. The fraction of sp³-hybridized carbons (Fsp3) is 0.200. The Morgan fingerprint density at radius 2 is 2.14 bits per heavy atom. The second kappa shape index (κ2) is 8.99. The third-order valence-corrected chi connectivity index (χ3v) is 5.73. The molecule has 0 radical (unpaired) electrons. The molecule has 0 saturated heterocycles. The molecule has 0 aliphatic rings. The summed E-state index contributed by atoms with van der Waals surface area (Å²) in [6.45, 7) is 7.90. The minimum absolute atomic E-state index is 0.0424. The molecule has 2 aromatic heterocycles. The normalized spacial score (nSPS) is 10.6. The first-order valence-corrected chi connectivity index (χ1v) is 10.5. The Bertz CT molecular complexity index is 1020. The molecule has 2 heterocycles. The molecular formula is C20H20N4O2S2. The number of nitrogens with zero attached hydrogens (tertiary/aromatic N) is 3. The van der Waals surface area contributed by atoms with E-state index in [-0.39, 0.29) is 17.4 Å². The predicted octanol–water partition coefficient (Wildman–Crippen LogP) is 4.43. The van der Waals surface area contributed by atoms with Gasteiger partial charge in [-0.15, -0.1) is 28.1 Å². The minimum atomic E-state index is -0.174. The van der Waals surface area contributed by atoms with E-state index in [1.807, 2.05) is 16.9 Å². The van der Waals surface area contributed by atoms with Crippen molar-refractivity contribution in [2.45, 2.75) is 25.5 Å². The van der Waals surface area contributed by atoms with Crippen LogP contribution in [0.3, 0.4) is 0 Å². The van der Waals surface area contributed by atoms with Crippen molar-refractivity contribution in [2.75, 3.05) is 11.1 Å². The van der Waals surface area contributed by atoms with Gasteiger partial charge in [-0.3, -0.25) is 14.2 Å². The Labute approximate surface area is 171 Å². The standard InChI is InChI=1S/C20H20N4O2S2/c1-4-8-24-19(16-9-13(2)27-11-16)22-23-20(24)28-12-18(26)21-17-7-5-6-15(10-17)14(3)25/h4-7,9-11H,1,8,12H2,2-3H3,(H,21,26). The molecule has 3 aromatic rings. The van der Waals surface area contributed by atoms with Crippen LogP contribution in [0.5, 0.6) is 0 Å². The first-order chi connectivity index (χ1) is 13.5. The topological polar surface area (TPSA) is 76.9 Å². The molecule has 0 spiro atoms. The molecule has 0 aliphatic heterocycles. The van der Waals surface area contributed by atoms with Crippen LogP contribution in [0, 0.1) is 6.92 Å².